The van der Waals surface area contributed by atoms with E-state index in [1.54, 1.807) is 13.0 Å². The van der Waals surface area contributed by atoms with E-state index in [1.165, 1.54) is 11.3 Å². The highest BCUT2D eigenvalue weighted by molar-refractivity contribution is 9.11. The summed E-state index contributed by atoms with van der Waals surface area (Å²) in [7, 11) is -3.46. The van der Waals surface area contributed by atoms with Gasteiger partial charge in [0.15, 0.2) is 0 Å². The Kier molecular flexibility index (Phi) is 4.28. The lowest BCUT2D eigenvalue weighted by atomic mass is 10.5. The number of hydrogen-bond acceptors (Lipinski definition) is 4. The largest absolute Gasteiger partial charge is 0.241 e. The first-order valence-corrected chi connectivity index (χ1v) is 7.19. The van der Waals surface area contributed by atoms with Gasteiger partial charge in [-0.2, -0.15) is 5.26 Å². The average molecular weight is 309 g/mol. The Balaban J connectivity index is 2.87. The van der Waals surface area contributed by atoms with Crippen molar-refractivity contribution >= 4 is 37.3 Å². The smallest absolute Gasteiger partial charge is 0.210 e. The van der Waals surface area contributed by atoms with Gasteiger partial charge in [-0.1, -0.05) is 0 Å². The molecule has 0 saturated carbocycles. The second-order valence-electron chi connectivity index (χ2n) is 2.78. The second kappa shape index (κ2) is 5.07. The predicted molar refractivity (Wildman–Crippen MR) is 62.2 cm³/mol. The van der Waals surface area contributed by atoms with Crippen molar-refractivity contribution in [3.05, 3.63) is 14.7 Å². The van der Waals surface area contributed by atoms with Gasteiger partial charge in [0.2, 0.25) is 10.0 Å². The summed E-state index contributed by atoms with van der Waals surface area (Å²) >= 11 is 4.60. The fourth-order valence-corrected chi connectivity index (χ4v) is 4.46. The van der Waals surface area contributed by atoms with Crippen LogP contribution in [-0.4, -0.2) is 15.0 Å². The lowest BCUT2D eigenvalue weighted by Crippen LogP contribution is -2.24. The van der Waals surface area contributed by atoms with Crippen molar-refractivity contribution in [2.24, 2.45) is 0 Å². The Morgan fingerprint density at radius 2 is 2.33 bits per heavy atom. The number of hydrogen-bond donors (Lipinski definition) is 1. The van der Waals surface area contributed by atoms with E-state index >= 15 is 0 Å². The molecule has 0 fully saturated rings. The fraction of sp³-hybridized carbons (Fsp3) is 0.375. The molecule has 1 heterocycles. The number of thiophene rings is 1. The maximum absolute atomic E-state index is 11.7. The monoisotopic (exact) mass is 308 g/mol. The summed E-state index contributed by atoms with van der Waals surface area (Å²) in [6, 6.07) is 3.44. The van der Waals surface area contributed by atoms with Crippen LogP contribution in [0.25, 0.3) is 0 Å². The van der Waals surface area contributed by atoms with Crippen molar-refractivity contribution in [2.45, 2.75) is 18.2 Å². The molecule has 0 aliphatic carbocycles. The molecule has 0 radical (unpaired) electrons. The third-order valence-corrected chi connectivity index (χ3v) is 4.93. The number of aryl methyl sites for hydroxylation is 1. The van der Waals surface area contributed by atoms with Crippen LogP contribution in [0.2, 0.25) is 0 Å². The summed E-state index contributed by atoms with van der Waals surface area (Å²) in [5.41, 5.74) is 0. The number of nitrogens with one attached hydrogen (secondary N) is 1. The Morgan fingerprint density at radius 1 is 1.67 bits per heavy atom. The van der Waals surface area contributed by atoms with Crippen molar-refractivity contribution in [2.75, 3.05) is 6.54 Å². The molecule has 0 unspecified atom stereocenters. The number of rotatable bonds is 4. The minimum atomic E-state index is -3.46. The number of nitrogens with zero attached hydrogens (tertiary/aromatic N) is 1. The van der Waals surface area contributed by atoms with Gasteiger partial charge in [-0.25, -0.2) is 13.1 Å². The zero-order chi connectivity index (χ0) is 11.5. The first-order chi connectivity index (χ1) is 6.97. The van der Waals surface area contributed by atoms with E-state index in [0.29, 0.717) is 0 Å². The Labute approximate surface area is 101 Å². The van der Waals surface area contributed by atoms with Crippen LogP contribution >= 0.6 is 27.3 Å². The zero-order valence-electron chi connectivity index (χ0n) is 7.95. The van der Waals surface area contributed by atoms with Gasteiger partial charge in [0.05, 0.1) is 14.8 Å². The van der Waals surface area contributed by atoms with E-state index in [9.17, 15) is 8.42 Å². The van der Waals surface area contributed by atoms with Gasteiger partial charge in [0.25, 0.3) is 0 Å². The molecule has 0 aliphatic rings. The Hall–Kier alpha value is -0.420. The summed E-state index contributed by atoms with van der Waals surface area (Å²) in [5.74, 6) is 0. The molecule has 1 aromatic rings. The summed E-state index contributed by atoms with van der Waals surface area (Å²) < 4.78 is 26.6. The molecule has 82 valence electrons. The predicted octanol–water partition coefficient (Wildman–Crippen LogP) is 2.01. The molecule has 0 spiro atoms. The standard InChI is InChI=1S/C8H9BrN2O2S2/c1-6-7(5-8(9)14-6)15(12,13)11-4-2-3-10/h5,11H,2,4H2,1H3. The van der Waals surface area contributed by atoms with Crippen LogP contribution in [0.1, 0.15) is 11.3 Å². The van der Waals surface area contributed by atoms with Crippen LogP contribution in [0.5, 0.6) is 0 Å². The Bertz CT molecular complexity index is 487. The SMILES string of the molecule is Cc1sc(Br)cc1S(=O)(=O)NCCC#N. The molecular weight excluding hydrogens is 300 g/mol. The van der Waals surface area contributed by atoms with Crippen molar-refractivity contribution in [1.29, 1.82) is 5.26 Å². The molecule has 1 N–H and O–H groups in total. The number of sulfonamides is 1. The maximum atomic E-state index is 11.7. The lowest BCUT2D eigenvalue weighted by Gasteiger charge is -2.03. The topological polar surface area (TPSA) is 70.0 Å². The molecule has 0 aromatic carbocycles. The van der Waals surface area contributed by atoms with Crippen molar-refractivity contribution in [1.82, 2.24) is 4.72 Å². The van der Waals surface area contributed by atoms with Crippen LogP contribution in [-0.2, 0) is 10.0 Å². The zero-order valence-corrected chi connectivity index (χ0v) is 11.2. The van der Waals surface area contributed by atoms with Crippen LogP contribution in [0, 0.1) is 18.3 Å². The highest BCUT2D eigenvalue weighted by Gasteiger charge is 2.18. The minimum absolute atomic E-state index is 0.145. The molecular formula is C8H9BrN2O2S2. The van der Waals surface area contributed by atoms with Crippen molar-refractivity contribution in [3.63, 3.8) is 0 Å². The van der Waals surface area contributed by atoms with Crippen LogP contribution in [0.4, 0.5) is 0 Å². The highest BCUT2D eigenvalue weighted by atomic mass is 79.9. The first-order valence-electron chi connectivity index (χ1n) is 4.10. The molecule has 15 heavy (non-hydrogen) atoms. The van der Waals surface area contributed by atoms with E-state index in [1.807, 2.05) is 6.07 Å². The van der Waals surface area contributed by atoms with Crippen LogP contribution < -0.4 is 4.72 Å². The lowest BCUT2D eigenvalue weighted by molar-refractivity contribution is 0.582. The molecule has 4 nitrogen and oxygen atoms in total. The van der Waals surface area contributed by atoms with E-state index in [0.717, 1.165) is 8.66 Å². The fourth-order valence-electron chi connectivity index (χ4n) is 1.02. The maximum Gasteiger partial charge on any atom is 0.241 e. The molecule has 7 heteroatoms. The van der Waals surface area contributed by atoms with Gasteiger partial charge < -0.3 is 0 Å². The first kappa shape index (κ1) is 12.6. The summed E-state index contributed by atoms with van der Waals surface area (Å²) in [6.07, 6.45) is 0.170. The van der Waals surface area contributed by atoms with Gasteiger partial charge in [-0.3, -0.25) is 0 Å². The van der Waals surface area contributed by atoms with E-state index in [2.05, 4.69) is 20.7 Å². The number of halogens is 1. The van der Waals surface area contributed by atoms with Gasteiger partial charge >= 0.3 is 0 Å². The van der Waals surface area contributed by atoms with Crippen molar-refractivity contribution < 1.29 is 8.42 Å². The molecule has 0 amide bonds. The summed E-state index contributed by atoms with van der Waals surface area (Å²) in [5, 5.41) is 8.30. The normalized spacial score (nSPS) is 11.3. The molecule has 0 atom stereocenters. The summed E-state index contributed by atoms with van der Waals surface area (Å²) in [6.45, 7) is 1.89. The minimum Gasteiger partial charge on any atom is -0.210 e. The van der Waals surface area contributed by atoms with E-state index in [4.69, 9.17) is 5.26 Å². The molecule has 1 aromatic heterocycles. The quantitative estimate of drug-likeness (QED) is 0.865. The van der Waals surface area contributed by atoms with Crippen molar-refractivity contribution in [3.8, 4) is 6.07 Å². The van der Waals surface area contributed by atoms with Gasteiger partial charge in [-0.05, 0) is 28.9 Å². The van der Waals surface area contributed by atoms with Gasteiger partial charge in [0, 0.05) is 17.8 Å². The third kappa shape index (κ3) is 3.28. The molecule has 1 rings (SSSR count). The Morgan fingerprint density at radius 3 is 2.80 bits per heavy atom. The van der Waals surface area contributed by atoms with Crippen LogP contribution in [0.3, 0.4) is 0 Å². The third-order valence-electron chi connectivity index (χ3n) is 1.66. The molecule has 0 saturated heterocycles. The highest BCUT2D eigenvalue weighted by Crippen LogP contribution is 2.29. The summed E-state index contributed by atoms with van der Waals surface area (Å²) in [4.78, 5) is 1.00. The molecule has 0 aliphatic heterocycles. The van der Waals surface area contributed by atoms with Gasteiger partial charge in [0.1, 0.15) is 0 Å². The van der Waals surface area contributed by atoms with E-state index < -0.39 is 10.0 Å². The average Bonchev–Trinajstić information content (AvgIpc) is 2.46. The molecule has 0 bridgehead atoms. The van der Waals surface area contributed by atoms with Gasteiger partial charge in [-0.15, -0.1) is 11.3 Å². The number of nitriles is 1. The van der Waals surface area contributed by atoms with Crippen LogP contribution in [0.15, 0.2) is 14.7 Å². The van der Waals surface area contributed by atoms with E-state index in [-0.39, 0.29) is 17.9 Å². The second-order valence-corrected chi connectivity index (χ2v) is 7.15.